The molecule has 6 nitrogen and oxygen atoms in total. The fourth-order valence-electron chi connectivity index (χ4n) is 0.489. The second-order valence-electron chi connectivity index (χ2n) is 1.76. The number of nitrogens with zero attached hydrogens (tertiary/aromatic N) is 2. The smallest absolute Gasteiger partial charge is 0.168 e. The number of hydrogen-bond donors (Lipinski definition) is 4. The van der Waals surface area contributed by atoms with Gasteiger partial charge in [0.1, 0.15) is 0 Å². The summed E-state index contributed by atoms with van der Waals surface area (Å²) in [6.07, 6.45) is 0. The highest BCUT2D eigenvalue weighted by molar-refractivity contribution is 5.86. The van der Waals surface area contributed by atoms with E-state index in [-0.39, 0.29) is 72.9 Å². The quantitative estimate of drug-likeness (QED) is 0.549. The molecule has 0 atom stereocenters. The zero-order valence-corrected chi connectivity index (χ0v) is 10.1. The van der Waals surface area contributed by atoms with E-state index in [0.29, 0.717) is 0 Å². The fraction of sp³-hybridized carbons (Fsp3) is 0. The number of rotatable bonds is 0. The summed E-state index contributed by atoms with van der Waals surface area (Å²) in [5.41, 5.74) is 21.0. The number of nitrogens with two attached hydrogens (primary N) is 4. The molecule has 0 aliphatic carbocycles. The largest absolute Gasteiger partial charge is 0.381 e. The summed E-state index contributed by atoms with van der Waals surface area (Å²) in [4.78, 5) is 7.23. The van der Waals surface area contributed by atoms with E-state index in [4.69, 9.17) is 22.9 Å². The van der Waals surface area contributed by atoms with E-state index < -0.39 is 0 Å². The molecule has 0 aromatic carbocycles. The van der Waals surface area contributed by atoms with Gasteiger partial charge in [-0.15, -0.1) is 49.6 Å². The zero-order chi connectivity index (χ0) is 7.72. The molecule has 14 heavy (non-hydrogen) atoms. The van der Waals surface area contributed by atoms with Gasteiger partial charge in [0.15, 0.2) is 23.3 Å². The first kappa shape index (κ1) is 23.3. The molecule has 0 saturated carbocycles. The van der Waals surface area contributed by atoms with E-state index in [1.807, 2.05) is 0 Å². The van der Waals surface area contributed by atoms with E-state index >= 15 is 0 Å². The number of nitrogen functional groups attached to an aromatic ring is 4. The van der Waals surface area contributed by atoms with Gasteiger partial charge in [0.2, 0.25) is 0 Å². The van der Waals surface area contributed by atoms with Crippen molar-refractivity contribution >= 4 is 72.9 Å². The van der Waals surface area contributed by atoms with Crippen LogP contribution in [0, 0.1) is 0 Å². The molecular weight excluding hydrogens is 274 g/mol. The molecule has 0 aliphatic rings. The Kier molecular flexibility index (Phi) is 15.0. The Balaban J connectivity index is -0.000000125. The molecule has 86 valence electrons. The van der Waals surface area contributed by atoms with E-state index in [9.17, 15) is 0 Å². The van der Waals surface area contributed by atoms with Crippen LogP contribution in [-0.2, 0) is 0 Å². The van der Waals surface area contributed by atoms with Crippen LogP contribution in [0.25, 0.3) is 0 Å². The Labute approximate surface area is 106 Å². The van der Waals surface area contributed by atoms with E-state index in [0.717, 1.165) is 0 Å². The predicted octanol–water partition coefficient (Wildman–Crippen LogP) is 0.493. The van der Waals surface area contributed by atoms with Gasteiger partial charge >= 0.3 is 0 Å². The molecule has 0 aliphatic heterocycles. The summed E-state index contributed by atoms with van der Waals surface area (Å²) >= 11 is 0. The van der Waals surface area contributed by atoms with E-state index in [2.05, 4.69) is 9.97 Å². The Morgan fingerprint density at radius 3 is 0.786 bits per heavy atom. The van der Waals surface area contributed by atoms with Gasteiger partial charge in [0, 0.05) is 0 Å². The van der Waals surface area contributed by atoms with Crippen molar-refractivity contribution in [3.8, 4) is 0 Å². The van der Waals surface area contributed by atoms with Gasteiger partial charge in [-0.1, -0.05) is 0 Å². The van der Waals surface area contributed by atoms with Crippen LogP contribution in [-0.4, -0.2) is 9.97 Å². The third kappa shape index (κ3) is 5.23. The van der Waals surface area contributed by atoms with Crippen molar-refractivity contribution in [2.75, 3.05) is 22.9 Å². The highest BCUT2D eigenvalue weighted by Crippen LogP contribution is 2.14. The van der Waals surface area contributed by atoms with Crippen molar-refractivity contribution in [1.29, 1.82) is 0 Å². The lowest BCUT2D eigenvalue weighted by molar-refractivity contribution is 1.24. The number of halogens is 4. The minimum Gasteiger partial charge on any atom is -0.381 e. The number of anilines is 4. The monoisotopic (exact) mass is 284 g/mol. The maximum atomic E-state index is 5.26. The maximum Gasteiger partial charge on any atom is 0.168 e. The molecule has 1 aromatic heterocycles. The minimum atomic E-state index is 0. The predicted molar refractivity (Wildman–Crippen MR) is 68.7 cm³/mol. The van der Waals surface area contributed by atoms with E-state index in [1.54, 1.807) is 0 Å². The maximum absolute atomic E-state index is 5.26. The summed E-state index contributed by atoms with van der Waals surface area (Å²) in [6, 6.07) is 0. The second kappa shape index (κ2) is 9.01. The first-order chi connectivity index (χ1) is 4.61. The third-order valence-electron chi connectivity index (χ3n) is 1.01. The summed E-state index contributed by atoms with van der Waals surface area (Å²) in [7, 11) is 0. The molecular formula is C4H12Cl4N6. The third-order valence-corrected chi connectivity index (χ3v) is 1.01. The van der Waals surface area contributed by atoms with Crippen molar-refractivity contribution in [2.24, 2.45) is 0 Å². The fourth-order valence-corrected chi connectivity index (χ4v) is 0.489. The van der Waals surface area contributed by atoms with Crippen LogP contribution in [0.1, 0.15) is 0 Å². The summed E-state index contributed by atoms with van der Waals surface area (Å²) < 4.78 is 0. The van der Waals surface area contributed by atoms with E-state index in [1.165, 1.54) is 0 Å². The molecule has 8 N–H and O–H groups in total. The Hall–Kier alpha value is -0.560. The molecule has 1 rings (SSSR count). The van der Waals surface area contributed by atoms with Crippen LogP contribution in [0.4, 0.5) is 23.3 Å². The Morgan fingerprint density at radius 2 is 0.643 bits per heavy atom. The normalized spacial score (nSPS) is 6.86. The van der Waals surface area contributed by atoms with Gasteiger partial charge < -0.3 is 22.9 Å². The molecule has 0 amide bonds. The average Bonchev–Trinajstić information content (AvgIpc) is 1.84. The lowest BCUT2D eigenvalue weighted by Crippen LogP contribution is -2.07. The van der Waals surface area contributed by atoms with Gasteiger partial charge in [-0.2, -0.15) is 0 Å². The van der Waals surface area contributed by atoms with Crippen molar-refractivity contribution < 1.29 is 0 Å². The summed E-state index contributed by atoms with van der Waals surface area (Å²) in [5.74, 6) is 0.414. The van der Waals surface area contributed by atoms with Gasteiger partial charge in [0.25, 0.3) is 0 Å². The Morgan fingerprint density at radius 1 is 0.500 bits per heavy atom. The highest BCUT2D eigenvalue weighted by Gasteiger charge is 2.01. The van der Waals surface area contributed by atoms with Crippen molar-refractivity contribution in [1.82, 2.24) is 9.97 Å². The summed E-state index contributed by atoms with van der Waals surface area (Å²) in [5, 5.41) is 0. The van der Waals surface area contributed by atoms with Crippen LogP contribution in [0.15, 0.2) is 0 Å². The summed E-state index contributed by atoms with van der Waals surface area (Å²) in [6.45, 7) is 0. The zero-order valence-electron chi connectivity index (χ0n) is 6.84. The molecule has 0 saturated heterocycles. The standard InChI is InChI=1S/C4H8N6.4ClH/c5-1-2(6)10-4(8)3(7)9-1;;;;/h(H4,5,7,9)(H4,6,8,10);4*1H. The molecule has 0 radical (unpaired) electrons. The first-order valence-electron chi connectivity index (χ1n) is 2.55. The minimum absolute atomic E-state index is 0. The van der Waals surface area contributed by atoms with Gasteiger partial charge in [-0.3, -0.25) is 0 Å². The number of hydrogen-bond acceptors (Lipinski definition) is 6. The molecule has 0 spiro atoms. The van der Waals surface area contributed by atoms with Crippen molar-refractivity contribution in [3.63, 3.8) is 0 Å². The van der Waals surface area contributed by atoms with Crippen molar-refractivity contribution in [3.05, 3.63) is 0 Å². The number of aromatic nitrogens is 2. The lowest BCUT2D eigenvalue weighted by Gasteiger charge is -2.00. The molecule has 0 bridgehead atoms. The van der Waals surface area contributed by atoms with Gasteiger partial charge in [0.05, 0.1) is 0 Å². The molecule has 0 unspecified atom stereocenters. The van der Waals surface area contributed by atoms with Gasteiger partial charge in [-0.05, 0) is 0 Å². The molecule has 10 heteroatoms. The SMILES string of the molecule is Cl.Cl.Cl.Cl.Nc1nc(N)c(N)nc1N. The van der Waals surface area contributed by atoms with Crippen LogP contribution in [0.5, 0.6) is 0 Å². The molecule has 0 fully saturated rings. The van der Waals surface area contributed by atoms with Crippen LogP contribution >= 0.6 is 49.6 Å². The second-order valence-corrected chi connectivity index (χ2v) is 1.76. The van der Waals surface area contributed by atoms with Gasteiger partial charge in [-0.25, -0.2) is 9.97 Å². The molecule has 1 heterocycles. The van der Waals surface area contributed by atoms with Crippen molar-refractivity contribution in [2.45, 2.75) is 0 Å². The highest BCUT2D eigenvalue weighted by atomic mass is 35.5. The van der Waals surface area contributed by atoms with Crippen LogP contribution < -0.4 is 22.9 Å². The van der Waals surface area contributed by atoms with Crippen LogP contribution in [0.2, 0.25) is 0 Å². The first-order valence-corrected chi connectivity index (χ1v) is 2.55. The Bertz CT molecular complexity index is 218. The average molecular weight is 286 g/mol. The topological polar surface area (TPSA) is 130 Å². The molecule has 1 aromatic rings. The lowest BCUT2D eigenvalue weighted by atomic mass is 10.5. The van der Waals surface area contributed by atoms with Crippen LogP contribution in [0.3, 0.4) is 0 Å².